The van der Waals surface area contributed by atoms with Gasteiger partial charge in [0.15, 0.2) is 0 Å². The van der Waals surface area contributed by atoms with Gasteiger partial charge in [-0.05, 0) is 68.1 Å². The minimum Gasteiger partial charge on any atom is -0.348 e. The van der Waals surface area contributed by atoms with Crippen LogP contribution in [0, 0.1) is 12.3 Å². The van der Waals surface area contributed by atoms with Gasteiger partial charge in [0.25, 0.3) is 0 Å². The summed E-state index contributed by atoms with van der Waals surface area (Å²) in [5, 5.41) is 0. The molecule has 2 heterocycles. The van der Waals surface area contributed by atoms with E-state index in [1.54, 1.807) is 4.90 Å². The lowest BCUT2D eigenvalue weighted by molar-refractivity contribution is -0.142. The summed E-state index contributed by atoms with van der Waals surface area (Å²) >= 11 is 0. The molecule has 0 spiro atoms. The fourth-order valence-corrected chi connectivity index (χ4v) is 4.88. The third-order valence-corrected chi connectivity index (χ3v) is 6.58. The maximum atomic E-state index is 13.4. The molecular formula is C28H33N3O. The number of rotatable bonds is 6. The molecule has 32 heavy (non-hydrogen) atoms. The van der Waals surface area contributed by atoms with E-state index in [9.17, 15) is 4.79 Å². The van der Waals surface area contributed by atoms with Crippen molar-refractivity contribution in [2.45, 2.75) is 32.7 Å². The first-order valence-corrected chi connectivity index (χ1v) is 11.5. The molecule has 1 aromatic heterocycles. The lowest BCUT2D eigenvalue weighted by Gasteiger charge is -2.42. The van der Waals surface area contributed by atoms with Crippen molar-refractivity contribution in [1.82, 2.24) is 14.8 Å². The van der Waals surface area contributed by atoms with Crippen LogP contribution in [-0.4, -0.2) is 47.9 Å². The van der Waals surface area contributed by atoms with Crippen molar-refractivity contribution in [2.24, 2.45) is 5.41 Å². The monoisotopic (exact) mass is 427 g/mol. The van der Waals surface area contributed by atoms with Crippen LogP contribution in [0.25, 0.3) is 11.1 Å². The Labute approximate surface area is 191 Å². The number of carbonyl (C=O) groups excluding carboxylic acids is 1. The zero-order valence-electron chi connectivity index (χ0n) is 19.4. The van der Waals surface area contributed by atoms with Crippen LogP contribution in [0.4, 0.5) is 0 Å². The quantitative estimate of drug-likeness (QED) is 0.557. The van der Waals surface area contributed by atoms with Crippen molar-refractivity contribution in [1.29, 1.82) is 0 Å². The second kappa shape index (κ2) is 9.66. The van der Waals surface area contributed by atoms with Crippen LogP contribution in [0.5, 0.6) is 0 Å². The minimum atomic E-state index is -0.352. The van der Waals surface area contributed by atoms with Crippen LogP contribution < -0.4 is 0 Å². The highest BCUT2D eigenvalue weighted by Gasteiger charge is 2.42. The standard InChI is InChI=1S/C28H33N3O/c1-22-9-7-14-26(29-22)21-31-17-15-28(16-18-31,27(32)30(2)3)20-23-10-8-13-25(19-23)24-11-5-4-6-12-24/h4-14,19H,15-18,20-21H2,1-3H3. The Hall–Kier alpha value is -2.98. The molecule has 0 N–H and O–H groups in total. The first-order valence-electron chi connectivity index (χ1n) is 11.5. The van der Waals surface area contributed by atoms with E-state index in [-0.39, 0.29) is 11.3 Å². The molecule has 4 nitrogen and oxygen atoms in total. The predicted molar refractivity (Wildman–Crippen MR) is 130 cm³/mol. The lowest BCUT2D eigenvalue weighted by Crippen LogP contribution is -2.49. The van der Waals surface area contributed by atoms with Gasteiger partial charge in [-0.2, -0.15) is 0 Å². The molecule has 4 heteroatoms. The summed E-state index contributed by atoms with van der Waals surface area (Å²) in [5.41, 5.74) is 5.45. The number of aryl methyl sites for hydroxylation is 1. The third-order valence-electron chi connectivity index (χ3n) is 6.58. The first-order chi connectivity index (χ1) is 15.4. The number of piperidine rings is 1. The number of hydrogen-bond donors (Lipinski definition) is 0. The molecular weight excluding hydrogens is 394 g/mol. The van der Waals surface area contributed by atoms with E-state index in [1.165, 1.54) is 16.7 Å². The maximum Gasteiger partial charge on any atom is 0.228 e. The highest BCUT2D eigenvalue weighted by molar-refractivity contribution is 5.83. The molecule has 1 amide bonds. The second-order valence-electron chi connectivity index (χ2n) is 9.27. The van der Waals surface area contributed by atoms with Gasteiger partial charge in [-0.1, -0.05) is 60.7 Å². The summed E-state index contributed by atoms with van der Waals surface area (Å²) < 4.78 is 0. The molecule has 166 valence electrons. The van der Waals surface area contributed by atoms with E-state index in [4.69, 9.17) is 0 Å². The van der Waals surface area contributed by atoms with Crippen LogP contribution in [0.15, 0.2) is 72.8 Å². The average Bonchev–Trinajstić information content (AvgIpc) is 2.81. The number of aromatic nitrogens is 1. The van der Waals surface area contributed by atoms with Crippen molar-refractivity contribution in [3.8, 4) is 11.1 Å². The number of likely N-dealkylation sites (tertiary alicyclic amines) is 1. The van der Waals surface area contributed by atoms with Crippen molar-refractivity contribution in [3.05, 3.63) is 89.7 Å². The second-order valence-corrected chi connectivity index (χ2v) is 9.27. The van der Waals surface area contributed by atoms with E-state index >= 15 is 0 Å². The first kappa shape index (κ1) is 22.2. The van der Waals surface area contributed by atoms with Gasteiger partial charge >= 0.3 is 0 Å². The topological polar surface area (TPSA) is 36.4 Å². The Bertz CT molecular complexity index is 1050. The molecule has 1 fully saturated rings. The van der Waals surface area contributed by atoms with Gasteiger partial charge in [-0.15, -0.1) is 0 Å². The molecule has 0 atom stereocenters. The number of nitrogens with zero attached hydrogens (tertiary/aromatic N) is 3. The van der Waals surface area contributed by atoms with Crippen LogP contribution in [0.1, 0.15) is 29.8 Å². The molecule has 4 rings (SSSR count). The Morgan fingerprint density at radius 1 is 0.938 bits per heavy atom. The summed E-state index contributed by atoms with van der Waals surface area (Å²) in [5.74, 6) is 0.246. The maximum absolute atomic E-state index is 13.4. The van der Waals surface area contributed by atoms with Crippen LogP contribution >= 0.6 is 0 Å². The fraction of sp³-hybridized carbons (Fsp3) is 0.357. The van der Waals surface area contributed by atoms with Crippen LogP contribution in [0.2, 0.25) is 0 Å². The molecule has 1 saturated heterocycles. The predicted octanol–water partition coefficient (Wildman–Crippen LogP) is 4.97. The number of amides is 1. The average molecular weight is 428 g/mol. The van der Waals surface area contributed by atoms with Gasteiger partial charge in [0.1, 0.15) is 0 Å². The molecule has 3 aromatic rings. The number of carbonyl (C=O) groups is 1. The van der Waals surface area contributed by atoms with Crippen molar-refractivity contribution < 1.29 is 4.79 Å². The fourth-order valence-electron chi connectivity index (χ4n) is 4.88. The Morgan fingerprint density at radius 2 is 1.62 bits per heavy atom. The van der Waals surface area contributed by atoms with Gasteiger partial charge in [0.2, 0.25) is 5.91 Å². The van der Waals surface area contributed by atoms with Gasteiger partial charge < -0.3 is 4.90 Å². The van der Waals surface area contributed by atoms with Gasteiger partial charge in [0.05, 0.1) is 11.1 Å². The number of pyridine rings is 1. The Kier molecular flexibility index (Phi) is 6.71. The zero-order valence-corrected chi connectivity index (χ0v) is 19.4. The smallest absolute Gasteiger partial charge is 0.228 e. The third kappa shape index (κ3) is 5.08. The van der Waals surface area contributed by atoms with E-state index in [0.29, 0.717) is 0 Å². The summed E-state index contributed by atoms with van der Waals surface area (Å²) in [6, 6.07) is 25.3. The summed E-state index contributed by atoms with van der Waals surface area (Å²) in [4.78, 5) is 22.3. The van der Waals surface area contributed by atoms with Crippen LogP contribution in [-0.2, 0) is 17.8 Å². The highest BCUT2D eigenvalue weighted by Crippen LogP contribution is 2.38. The van der Waals surface area contributed by atoms with Crippen LogP contribution in [0.3, 0.4) is 0 Å². The largest absolute Gasteiger partial charge is 0.348 e. The van der Waals surface area contributed by atoms with Gasteiger partial charge in [0, 0.05) is 26.3 Å². The Morgan fingerprint density at radius 3 is 2.31 bits per heavy atom. The molecule has 0 bridgehead atoms. The lowest BCUT2D eigenvalue weighted by atomic mass is 9.72. The molecule has 1 aliphatic rings. The van der Waals surface area contributed by atoms with Crippen molar-refractivity contribution in [3.63, 3.8) is 0 Å². The summed E-state index contributed by atoms with van der Waals surface area (Å²) in [7, 11) is 3.76. The van der Waals surface area contributed by atoms with E-state index in [1.807, 2.05) is 33.2 Å². The Balaban J connectivity index is 1.52. The van der Waals surface area contributed by atoms with E-state index in [2.05, 4.69) is 70.5 Å². The summed E-state index contributed by atoms with van der Waals surface area (Å²) in [6.07, 6.45) is 2.51. The molecule has 2 aromatic carbocycles. The normalized spacial score (nSPS) is 16.0. The molecule has 0 radical (unpaired) electrons. The SMILES string of the molecule is Cc1cccc(CN2CCC(Cc3cccc(-c4ccccc4)c3)(C(=O)N(C)C)CC2)n1. The number of hydrogen-bond acceptors (Lipinski definition) is 3. The minimum absolute atomic E-state index is 0.246. The zero-order chi connectivity index (χ0) is 22.6. The molecule has 0 unspecified atom stereocenters. The highest BCUT2D eigenvalue weighted by atomic mass is 16.2. The number of benzene rings is 2. The van der Waals surface area contributed by atoms with Crippen molar-refractivity contribution in [2.75, 3.05) is 27.2 Å². The van der Waals surface area contributed by atoms with Crippen molar-refractivity contribution >= 4 is 5.91 Å². The molecule has 0 aliphatic carbocycles. The molecule has 1 aliphatic heterocycles. The molecule has 0 saturated carbocycles. The summed E-state index contributed by atoms with van der Waals surface area (Å²) in [6.45, 7) is 4.70. The van der Waals surface area contributed by atoms with Gasteiger partial charge in [-0.25, -0.2) is 0 Å². The van der Waals surface area contributed by atoms with E-state index in [0.717, 1.165) is 50.3 Å². The van der Waals surface area contributed by atoms with E-state index < -0.39 is 0 Å². The van der Waals surface area contributed by atoms with Gasteiger partial charge in [-0.3, -0.25) is 14.7 Å².